The van der Waals surface area contributed by atoms with E-state index >= 15 is 0 Å². The molecule has 1 amide bonds. The van der Waals surface area contributed by atoms with Crippen LogP contribution in [0.3, 0.4) is 0 Å². The van der Waals surface area contributed by atoms with Gasteiger partial charge in [-0.1, -0.05) is 28.1 Å². The van der Waals surface area contributed by atoms with Crippen molar-refractivity contribution in [2.24, 2.45) is 5.10 Å². The highest BCUT2D eigenvalue weighted by molar-refractivity contribution is 9.11. The maximum Gasteiger partial charge on any atom is 0.277 e. The van der Waals surface area contributed by atoms with E-state index in [1.807, 2.05) is 25.1 Å². The van der Waals surface area contributed by atoms with E-state index < -0.39 is 0 Å². The van der Waals surface area contributed by atoms with Gasteiger partial charge >= 0.3 is 0 Å². The molecule has 0 spiro atoms. The van der Waals surface area contributed by atoms with Crippen LogP contribution in [0.5, 0.6) is 11.5 Å². The number of phenolic OH excluding ortho intramolecular Hbond substituents is 1. The molecule has 2 rings (SSSR count). The van der Waals surface area contributed by atoms with Gasteiger partial charge in [-0.05, 0) is 62.5 Å². The summed E-state index contributed by atoms with van der Waals surface area (Å²) in [6, 6.07) is 9.11. The fourth-order valence-electron chi connectivity index (χ4n) is 1.77. The smallest absolute Gasteiger partial charge is 0.277 e. The molecule has 0 fully saturated rings. The van der Waals surface area contributed by atoms with E-state index in [2.05, 4.69) is 58.3 Å². The molecule has 126 valence electrons. The normalized spacial score (nSPS) is 10.8. The third kappa shape index (κ3) is 5.06. The third-order valence-electron chi connectivity index (χ3n) is 2.92. The summed E-state index contributed by atoms with van der Waals surface area (Å²) in [7, 11) is 0. The zero-order valence-corrected chi connectivity index (χ0v) is 17.3. The van der Waals surface area contributed by atoms with Crippen molar-refractivity contribution in [3.63, 3.8) is 0 Å². The average Bonchev–Trinajstić information content (AvgIpc) is 2.54. The monoisotopic (exact) mass is 518 g/mol. The molecule has 24 heavy (non-hydrogen) atoms. The second-order valence-corrected chi connectivity index (χ2v) is 7.32. The molecule has 0 radical (unpaired) electrons. The van der Waals surface area contributed by atoms with E-state index in [0.29, 0.717) is 24.7 Å². The molecule has 2 N–H and O–H groups in total. The summed E-state index contributed by atoms with van der Waals surface area (Å²) in [5.74, 6) is 0.285. The van der Waals surface area contributed by atoms with E-state index in [4.69, 9.17) is 4.74 Å². The fraction of sp³-hybridized carbons (Fsp3) is 0.125. The summed E-state index contributed by atoms with van der Waals surface area (Å²) < 4.78 is 7.08. The van der Waals surface area contributed by atoms with Crippen molar-refractivity contribution in [3.8, 4) is 11.5 Å². The highest BCUT2D eigenvalue weighted by Crippen LogP contribution is 2.38. The highest BCUT2D eigenvalue weighted by atomic mass is 79.9. The van der Waals surface area contributed by atoms with Gasteiger partial charge in [-0.15, -0.1) is 0 Å². The number of phenols is 1. The maximum atomic E-state index is 11.8. The van der Waals surface area contributed by atoms with Crippen molar-refractivity contribution in [1.82, 2.24) is 5.43 Å². The van der Waals surface area contributed by atoms with Gasteiger partial charge in [-0.3, -0.25) is 4.79 Å². The van der Waals surface area contributed by atoms with E-state index in [0.717, 1.165) is 5.56 Å². The number of aromatic hydroxyl groups is 1. The van der Waals surface area contributed by atoms with Gasteiger partial charge in [0, 0.05) is 10.0 Å². The van der Waals surface area contributed by atoms with E-state index in [9.17, 15) is 9.90 Å². The predicted molar refractivity (Wildman–Crippen MR) is 104 cm³/mol. The van der Waals surface area contributed by atoms with Crippen molar-refractivity contribution in [3.05, 3.63) is 54.9 Å². The minimum absolute atomic E-state index is 0.0498. The number of carbonyl (C=O) groups excluding carboxylic acids is 1. The Kier molecular flexibility index (Phi) is 6.82. The number of rotatable bonds is 5. The molecular weight excluding hydrogens is 508 g/mol. The molecule has 5 nitrogen and oxygen atoms in total. The number of benzene rings is 2. The van der Waals surface area contributed by atoms with Crippen molar-refractivity contribution in [2.75, 3.05) is 6.61 Å². The van der Waals surface area contributed by atoms with Gasteiger partial charge in [-0.25, -0.2) is 5.43 Å². The summed E-state index contributed by atoms with van der Waals surface area (Å²) in [4.78, 5) is 11.8. The molecule has 0 atom stereocenters. The van der Waals surface area contributed by atoms with Crippen LogP contribution in [-0.4, -0.2) is 23.8 Å². The van der Waals surface area contributed by atoms with Crippen LogP contribution >= 0.6 is 47.8 Å². The third-order valence-corrected chi connectivity index (χ3v) is 4.99. The van der Waals surface area contributed by atoms with Gasteiger partial charge in [0.15, 0.2) is 6.61 Å². The first-order valence-electron chi connectivity index (χ1n) is 6.76. The Morgan fingerprint density at radius 3 is 2.75 bits per heavy atom. The SMILES string of the molecule is Cc1cccc(OCC(=O)N/N=C\c2c(Br)cc(Br)c(O)c2Br)c1. The predicted octanol–water partition coefficient (Wildman–Crippen LogP) is 4.52. The molecule has 0 saturated carbocycles. The number of aryl methyl sites for hydroxylation is 1. The molecule has 2 aromatic carbocycles. The van der Waals surface area contributed by atoms with Crippen molar-refractivity contribution < 1.29 is 14.6 Å². The largest absolute Gasteiger partial charge is 0.506 e. The van der Waals surface area contributed by atoms with Crippen LogP contribution in [0.2, 0.25) is 0 Å². The molecule has 0 aliphatic heterocycles. The lowest BCUT2D eigenvalue weighted by atomic mass is 10.2. The van der Waals surface area contributed by atoms with Gasteiger partial charge in [0.05, 0.1) is 15.2 Å². The van der Waals surface area contributed by atoms with Gasteiger partial charge in [0.1, 0.15) is 11.5 Å². The number of halogens is 3. The number of nitrogens with one attached hydrogen (secondary N) is 1. The second kappa shape index (κ2) is 8.64. The summed E-state index contributed by atoms with van der Waals surface area (Å²) in [6.45, 7) is 1.80. The summed E-state index contributed by atoms with van der Waals surface area (Å²) >= 11 is 9.88. The molecule has 0 aliphatic rings. The van der Waals surface area contributed by atoms with Crippen LogP contribution in [0.1, 0.15) is 11.1 Å². The summed E-state index contributed by atoms with van der Waals surface area (Å²) in [6.07, 6.45) is 1.42. The van der Waals surface area contributed by atoms with E-state index in [-0.39, 0.29) is 18.3 Å². The Labute approximate surface area is 164 Å². The minimum atomic E-state index is -0.388. The maximum absolute atomic E-state index is 11.8. The number of hydrazone groups is 1. The zero-order valence-electron chi connectivity index (χ0n) is 12.5. The van der Waals surface area contributed by atoms with E-state index in [1.54, 1.807) is 12.1 Å². The first-order chi connectivity index (χ1) is 11.4. The Morgan fingerprint density at radius 2 is 2.04 bits per heavy atom. The van der Waals surface area contributed by atoms with Crippen LogP contribution in [0.4, 0.5) is 0 Å². The van der Waals surface area contributed by atoms with Crippen LogP contribution < -0.4 is 10.2 Å². The first kappa shape index (κ1) is 19.0. The number of hydrogen-bond acceptors (Lipinski definition) is 4. The molecule has 2 aromatic rings. The molecule has 0 aromatic heterocycles. The van der Waals surface area contributed by atoms with Crippen molar-refractivity contribution >= 4 is 59.9 Å². The Bertz CT molecular complexity index is 794. The van der Waals surface area contributed by atoms with E-state index in [1.165, 1.54) is 6.21 Å². The van der Waals surface area contributed by atoms with Gasteiger partial charge < -0.3 is 9.84 Å². The van der Waals surface area contributed by atoms with Gasteiger partial charge in [-0.2, -0.15) is 5.10 Å². The van der Waals surface area contributed by atoms with Crippen LogP contribution in [-0.2, 0) is 4.79 Å². The average molecular weight is 521 g/mol. The molecule has 0 heterocycles. The molecule has 0 bridgehead atoms. The molecule has 0 saturated heterocycles. The van der Waals surface area contributed by atoms with Gasteiger partial charge in [0.25, 0.3) is 5.91 Å². The Morgan fingerprint density at radius 1 is 1.29 bits per heavy atom. The second-order valence-electron chi connectivity index (χ2n) is 4.81. The first-order valence-corrected chi connectivity index (χ1v) is 9.14. The van der Waals surface area contributed by atoms with Crippen LogP contribution in [0.25, 0.3) is 0 Å². The standard InChI is InChI=1S/C16H13Br3N2O3/c1-9-3-2-4-10(5-9)24-8-14(22)21-20-7-11-12(17)6-13(18)16(23)15(11)19/h2-7,23H,8H2,1H3,(H,21,22)/b20-7-. The number of nitrogens with zero attached hydrogens (tertiary/aromatic N) is 1. The number of hydrogen-bond donors (Lipinski definition) is 2. The fourth-order valence-corrected chi connectivity index (χ4v) is 4.09. The van der Waals surface area contributed by atoms with Crippen molar-refractivity contribution in [2.45, 2.75) is 6.92 Å². The highest BCUT2D eigenvalue weighted by Gasteiger charge is 2.12. The lowest BCUT2D eigenvalue weighted by Crippen LogP contribution is -2.24. The molecular formula is C16H13Br3N2O3. The lowest BCUT2D eigenvalue weighted by Gasteiger charge is -2.07. The summed E-state index contributed by atoms with van der Waals surface area (Å²) in [5, 5.41) is 13.7. The summed E-state index contributed by atoms with van der Waals surface area (Å²) in [5.41, 5.74) is 4.02. The lowest BCUT2D eigenvalue weighted by molar-refractivity contribution is -0.123. The Balaban J connectivity index is 1.94. The van der Waals surface area contributed by atoms with Crippen LogP contribution in [0.15, 0.2) is 48.9 Å². The van der Waals surface area contributed by atoms with Gasteiger partial charge in [0.2, 0.25) is 0 Å². The number of ether oxygens (including phenoxy) is 1. The number of amides is 1. The quantitative estimate of drug-likeness (QED) is 0.450. The van der Waals surface area contributed by atoms with Crippen LogP contribution in [0, 0.1) is 6.92 Å². The zero-order chi connectivity index (χ0) is 17.7. The number of carbonyl (C=O) groups is 1. The molecule has 0 unspecified atom stereocenters. The Hall–Kier alpha value is -1.38. The topological polar surface area (TPSA) is 70.9 Å². The minimum Gasteiger partial charge on any atom is -0.506 e. The van der Waals surface area contributed by atoms with Crippen molar-refractivity contribution in [1.29, 1.82) is 0 Å². The molecule has 0 aliphatic carbocycles. The molecule has 8 heteroatoms.